The molecule has 11 aromatic rings. The predicted octanol–water partition coefficient (Wildman–Crippen LogP) is 27.7. The molecule has 4 aromatic heterocycles. The van der Waals surface area contributed by atoms with E-state index in [4.69, 9.17) is 12.1 Å². The van der Waals surface area contributed by atoms with Crippen molar-refractivity contribution in [3.63, 3.8) is 0 Å². The molecule has 11 nitrogen and oxygen atoms in total. The average molecular weight is 1780 g/mol. The van der Waals surface area contributed by atoms with Crippen LogP contribution in [0.1, 0.15) is 253 Å². The molecule has 0 aliphatic rings. The number of pyridine rings is 4. The van der Waals surface area contributed by atoms with Gasteiger partial charge in [-0.1, -0.05) is 132 Å². The van der Waals surface area contributed by atoms with Crippen LogP contribution in [-0.4, -0.2) is 62.4 Å². The van der Waals surface area contributed by atoms with Crippen LogP contribution in [0.25, 0.3) is 45.0 Å². The first-order valence-corrected chi connectivity index (χ1v) is 45.1. The summed E-state index contributed by atoms with van der Waals surface area (Å²) < 4.78 is 21.8. The third-order valence-electron chi connectivity index (χ3n) is 20.8. The first-order chi connectivity index (χ1) is 54.7. The molecule has 0 aliphatic carbocycles. The second kappa shape index (κ2) is 46.3. The van der Waals surface area contributed by atoms with Crippen molar-refractivity contribution in [3.8, 4) is 68.0 Å². The Bertz CT molecular complexity index is 4660. The normalized spacial score (nSPS) is 11.3. The van der Waals surface area contributed by atoms with Gasteiger partial charge in [0.2, 0.25) is 0 Å². The molecule has 0 fully saturated rings. The number of benzene rings is 7. The van der Waals surface area contributed by atoms with Gasteiger partial charge in [-0.3, -0.25) is 19.9 Å². The quantitative estimate of drug-likeness (QED) is 0.0703. The van der Waals surface area contributed by atoms with Crippen LogP contribution in [0.3, 0.4) is 0 Å². The van der Waals surface area contributed by atoms with Gasteiger partial charge in [-0.15, -0.1) is 0 Å². The minimum absolute atomic E-state index is 0. The van der Waals surface area contributed by atoms with E-state index in [1.54, 1.807) is 24.8 Å². The monoisotopic (exact) mass is 1780 g/mol. The van der Waals surface area contributed by atoms with Crippen molar-refractivity contribution in [2.45, 2.75) is 252 Å². The summed E-state index contributed by atoms with van der Waals surface area (Å²) in [5, 5.41) is 44.8. The van der Waals surface area contributed by atoms with Gasteiger partial charge in [0, 0.05) is 120 Å². The summed E-state index contributed by atoms with van der Waals surface area (Å²) in [7, 11) is 0. The van der Waals surface area contributed by atoms with Crippen LogP contribution < -0.4 is 0 Å². The zero-order valence-electron chi connectivity index (χ0n) is 76.4. The number of aromatic nitrogens is 4. The van der Waals surface area contributed by atoms with E-state index in [1.165, 1.54) is 27.9 Å². The molecule has 0 saturated heterocycles. The van der Waals surface area contributed by atoms with Crippen molar-refractivity contribution >= 4 is 14.5 Å². The molecule has 632 valence electrons. The second-order valence-corrected chi connectivity index (χ2v) is 38.5. The zero-order chi connectivity index (χ0) is 87.7. The van der Waals surface area contributed by atoms with Gasteiger partial charge in [0.05, 0.1) is 22.8 Å². The van der Waals surface area contributed by atoms with E-state index < -0.39 is 35.8 Å². The maximum absolute atomic E-state index is 11.2. The smallest absolute Gasteiger partial charge is 0.127 e. The van der Waals surface area contributed by atoms with Crippen LogP contribution >= 0.6 is 0 Å². The number of phenolic OH excluding ortho intramolecular Hbond substituents is 4. The molecule has 7 aromatic carbocycles. The van der Waals surface area contributed by atoms with Gasteiger partial charge in [-0.25, -0.2) is 0 Å². The number of rotatable bonds is 13. The molecule has 118 heavy (non-hydrogen) atoms. The average Bonchev–Trinajstić information content (AvgIpc) is 0.750. The Labute approximate surface area is 756 Å². The SMILES string of the molecule is CC(C)([CH]=[Mo]=[NH])c1ccccc1.CC(C)c1cccc(C(C)C)c1[N]=[Mo]=[CH]C(C)(C)c1ccccc1.CCOCC.Cc1cc(C(C)(C)C)c(O)c(-c2c(C)c(C)cc(C(C)(C)C)c2O)c1C.Cc1cc(C(C)(C)C)c(O)c(-c2c(C)c(C)cc(C(C)(C)C)c2O)c1C.[Ar].c1ccc(-c2ccccn2)nc1.c1ccc(-c2ccccn2)nc1. The Balaban J connectivity index is 0.000000302. The molecule has 0 radical (unpaired) electrons. The summed E-state index contributed by atoms with van der Waals surface area (Å²) in [6, 6.07) is 59.3. The minimum atomic E-state index is -0.639. The maximum atomic E-state index is 11.2. The van der Waals surface area contributed by atoms with E-state index in [0.717, 1.165) is 125 Å². The molecule has 0 aliphatic heterocycles. The number of aromatic hydroxyl groups is 4. The van der Waals surface area contributed by atoms with Crippen molar-refractivity contribution in [2.75, 3.05) is 13.2 Å². The summed E-state index contributed by atoms with van der Waals surface area (Å²) in [4.78, 5) is 16.7. The number of hydrogen-bond acceptors (Lipinski definition) is 11. The van der Waals surface area contributed by atoms with E-state index in [2.05, 4.69) is 292 Å². The molecule has 0 atom stereocenters. The Morgan fingerprint density at radius 2 is 0.610 bits per heavy atom. The molecule has 0 bridgehead atoms. The molecule has 0 saturated carbocycles. The zero-order valence-corrected chi connectivity index (χ0v) is 81.1. The number of phenols is 4. The number of nitrogens with one attached hydrogen (secondary N) is 1. The van der Waals surface area contributed by atoms with Crippen molar-refractivity contribution < 1.29 is 98.7 Å². The van der Waals surface area contributed by atoms with E-state index in [-0.39, 0.29) is 93.2 Å². The van der Waals surface area contributed by atoms with Gasteiger partial charge >= 0.3 is 237 Å². The third-order valence-corrected chi connectivity index (χ3v) is 25.0. The molecular formula is C104H136ArMo2N6O5. The van der Waals surface area contributed by atoms with Crippen LogP contribution in [0.15, 0.2) is 204 Å². The Kier molecular flexibility index (Phi) is 40.3. The van der Waals surface area contributed by atoms with Gasteiger partial charge in [0.15, 0.2) is 0 Å². The molecule has 0 spiro atoms. The number of aryl methyl sites for hydroxylation is 4. The fraction of sp³-hybridized carbons (Fsp3) is 0.385. The largest absolute Gasteiger partial charge is 0.507 e. The first-order valence-electron chi connectivity index (χ1n) is 40.9. The topological polar surface area (TPSA) is 178 Å². The van der Waals surface area contributed by atoms with Gasteiger partial charge in [-0.05, 0) is 184 Å². The van der Waals surface area contributed by atoms with Gasteiger partial charge in [0.1, 0.15) is 23.0 Å². The molecule has 0 amide bonds. The van der Waals surface area contributed by atoms with Crippen molar-refractivity contribution in [3.05, 3.63) is 290 Å². The van der Waals surface area contributed by atoms with Crippen molar-refractivity contribution in [1.29, 1.82) is 3.91 Å². The second-order valence-electron chi connectivity index (χ2n) is 35.8. The van der Waals surface area contributed by atoms with Gasteiger partial charge in [-0.2, -0.15) is 0 Å². The van der Waals surface area contributed by atoms with Gasteiger partial charge in [0.25, 0.3) is 0 Å². The fourth-order valence-electron chi connectivity index (χ4n) is 13.2. The fourth-order valence-corrected chi connectivity index (χ4v) is 16.2. The first kappa shape index (κ1) is 103. The summed E-state index contributed by atoms with van der Waals surface area (Å²) in [6.07, 6.45) is 7.07. The van der Waals surface area contributed by atoms with Crippen molar-refractivity contribution in [2.24, 2.45) is 3.50 Å². The van der Waals surface area contributed by atoms with E-state index in [0.29, 0.717) is 11.8 Å². The summed E-state index contributed by atoms with van der Waals surface area (Å²) in [5.41, 5.74) is 25.0. The Morgan fingerprint density at radius 1 is 0.364 bits per heavy atom. The molecule has 11 rings (SSSR count). The van der Waals surface area contributed by atoms with Crippen molar-refractivity contribution in [1.82, 2.24) is 19.9 Å². The molecule has 5 N–H and O–H groups in total. The van der Waals surface area contributed by atoms with E-state index >= 15 is 0 Å². The maximum Gasteiger partial charge on any atom is 0.127 e. The summed E-state index contributed by atoms with van der Waals surface area (Å²) in [6.45, 7) is 65.2. The van der Waals surface area contributed by atoms with Crippen LogP contribution in [0.4, 0.5) is 5.69 Å². The van der Waals surface area contributed by atoms with Crippen LogP contribution in [0, 0.1) is 97.0 Å². The number of nitrogens with zero attached hydrogens (tertiary/aromatic N) is 5. The molecule has 14 heteroatoms. The predicted molar refractivity (Wildman–Crippen MR) is 491 cm³/mol. The third kappa shape index (κ3) is 29.0. The molecule has 0 unspecified atom stereocenters. The van der Waals surface area contributed by atoms with Crippen LogP contribution in [0.2, 0.25) is 0 Å². The summed E-state index contributed by atoms with van der Waals surface area (Å²) >= 11 is -1.19. The van der Waals surface area contributed by atoms with Gasteiger partial charge < -0.3 is 25.2 Å². The molecular weight excluding hydrogens is 1650 g/mol. The standard InChI is InChI=1S/2C24H34O2.C12H17N.2C10H8N2.2C10H12.C4H10O.Ar.2Mo.HN/c2*1-13-11-17(23(5,6)7)21(25)19(15(13)3)20-16(4)14(2)12-18(22(20)26)24(8,9)10;1-8(2)10-6-5-7-11(9(3)4)12(10)13;2*1-3-7-11-9(5-1)10-6-2-4-8-12-10;2*1-10(2,3)9-7-5-4-6-8-9;1-3-5-4-2;;;;/h2*11-12,25-26H,1-10H3;5-9H,1-4H3;2*1-8H;2*1,4-8H,2-3H3;3-4H2,1-2H3;;;;1H. The van der Waals surface area contributed by atoms with Crippen LogP contribution in [-0.2, 0) is 73.1 Å². The van der Waals surface area contributed by atoms with E-state index in [1.807, 2.05) is 120 Å². The van der Waals surface area contributed by atoms with E-state index in [9.17, 15) is 20.4 Å². The number of ether oxygens (including phenoxy) is 1. The Hall–Kier alpha value is -7.72. The van der Waals surface area contributed by atoms with Crippen LogP contribution in [0.5, 0.6) is 23.0 Å². The summed E-state index contributed by atoms with van der Waals surface area (Å²) in [5.74, 6) is 2.15. The minimum Gasteiger partial charge on any atom is -0.507 e. The number of hydrogen-bond donors (Lipinski definition) is 5. The molecule has 4 heterocycles. The Morgan fingerprint density at radius 3 is 0.814 bits per heavy atom.